The van der Waals surface area contributed by atoms with Crippen LogP contribution in [0.3, 0.4) is 0 Å². The number of ether oxygens (including phenoxy) is 1. The SMILES string of the molecule is CCOc1ccc2nc(Nc3nccc(-c4cn(-c5ccc(Cl)cc5)nc4C)n3)nc(C)c2c1. The van der Waals surface area contributed by atoms with Crippen LogP contribution < -0.4 is 10.1 Å². The lowest BCUT2D eigenvalue weighted by Crippen LogP contribution is -2.03. The summed E-state index contributed by atoms with van der Waals surface area (Å²) in [5, 5.41) is 9.38. The van der Waals surface area contributed by atoms with Crippen molar-refractivity contribution in [2.45, 2.75) is 20.8 Å². The second-order valence-corrected chi connectivity index (χ2v) is 8.12. The second kappa shape index (κ2) is 9.07. The number of benzene rings is 2. The Kier molecular flexibility index (Phi) is 5.81. The molecule has 0 aliphatic heterocycles. The van der Waals surface area contributed by atoms with Crippen LogP contribution in [0.25, 0.3) is 27.8 Å². The first-order chi connectivity index (χ1) is 16.5. The zero-order valence-corrected chi connectivity index (χ0v) is 19.7. The minimum atomic E-state index is 0.404. The average Bonchev–Trinajstić information content (AvgIpc) is 3.22. The maximum atomic E-state index is 6.01. The van der Waals surface area contributed by atoms with Crippen LogP contribution in [0.1, 0.15) is 18.3 Å². The smallest absolute Gasteiger partial charge is 0.230 e. The van der Waals surface area contributed by atoms with Crippen LogP contribution in [-0.4, -0.2) is 36.3 Å². The third-order valence-electron chi connectivity index (χ3n) is 5.31. The van der Waals surface area contributed by atoms with Gasteiger partial charge < -0.3 is 4.74 Å². The van der Waals surface area contributed by atoms with Gasteiger partial charge in [0.15, 0.2) is 0 Å². The number of aromatic nitrogens is 6. The van der Waals surface area contributed by atoms with E-state index in [-0.39, 0.29) is 0 Å². The molecule has 34 heavy (non-hydrogen) atoms. The Morgan fingerprint density at radius 3 is 2.56 bits per heavy atom. The van der Waals surface area contributed by atoms with Gasteiger partial charge in [-0.25, -0.2) is 24.6 Å². The van der Waals surface area contributed by atoms with Crippen LogP contribution >= 0.6 is 11.6 Å². The molecule has 3 aromatic heterocycles. The molecule has 0 amide bonds. The monoisotopic (exact) mass is 471 g/mol. The molecule has 0 saturated heterocycles. The quantitative estimate of drug-likeness (QED) is 0.340. The second-order valence-electron chi connectivity index (χ2n) is 7.68. The van der Waals surface area contributed by atoms with E-state index in [1.165, 1.54) is 0 Å². The normalized spacial score (nSPS) is 11.1. The molecule has 8 nitrogen and oxygen atoms in total. The Balaban J connectivity index is 1.43. The number of fused-ring (bicyclic) bond motifs is 1. The summed E-state index contributed by atoms with van der Waals surface area (Å²) in [5.74, 6) is 1.63. The molecule has 2 aromatic carbocycles. The third kappa shape index (κ3) is 4.40. The number of halogens is 1. The highest BCUT2D eigenvalue weighted by molar-refractivity contribution is 6.30. The number of nitrogens with one attached hydrogen (secondary N) is 1. The number of hydrogen-bond acceptors (Lipinski definition) is 7. The van der Waals surface area contributed by atoms with Crippen LogP contribution in [0.5, 0.6) is 5.75 Å². The molecule has 9 heteroatoms. The summed E-state index contributed by atoms with van der Waals surface area (Å²) in [6.07, 6.45) is 3.64. The molecule has 3 heterocycles. The van der Waals surface area contributed by atoms with Gasteiger partial charge in [-0.05, 0) is 69.3 Å². The van der Waals surface area contributed by atoms with E-state index >= 15 is 0 Å². The summed E-state index contributed by atoms with van der Waals surface area (Å²) in [7, 11) is 0. The Morgan fingerprint density at radius 1 is 0.941 bits per heavy atom. The van der Waals surface area contributed by atoms with Crippen molar-refractivity contribution < 1.29 is 4.74 Å². The number of hydrogen-bond donors (Lipinski definition) is 1. The summed E-state index contributed by atoms with van der Waals surface area (Å²) < 4.78 is 7.40. The predicted octanol–water partition coefficient (Wildman–Crippen LogP) is 5.69. The first-order valence-electron chi connectivity index (χ1n) is 10.8. The van der Waals surface area contributed by atoms with Crippen LogP contribution in [0.15, 0.2) is 60.9 Å². The van der Waals surface area contributed by atoms with Crippen LogP contribution in [-0.2, 0) is 0 Å². The maximum absolute atomic E-state index is 6.01. The van der Waals surface area contributed by atoms with Gasteiger partial charge in [0.25, 0.3) is 0 Å². The van der Waals surface area contributed by atoms with Gasteiger partial charge in [0.05, 0.1) is 34.9 Å². The number of aryl methyl sites for hydroxylation is 2. The topological polar surface area (TPSA) is 90.6 Å². The standard InChI is InChI=1S/C25H22ClN7O/c1-4-34-19-9-10-22-20(13-19)15(2)28-25(30-22)31-24-27-12-11-23(29-24)21-14-33(32-16(21)3)18-7-5-17(26)6-8-18/h5-14H,4H2,1-3H3,(H,27,28,29,30,31). The van der Waals surface area contributed by atoms with Crippen LogP contribution in [0.2, 0.25) is 5.02 Å². The molecule has 0 bridgehead atoms. The number of nitrogens with zero attached hydrogens (tertiary/aromatic N) is 6. The maximum Gasteiger partial charge on any atom is 0.230 e. The molecule has 170 valence electrons. The molecule has 0 radical (unpaired) electrons. The van der Waals surface area contributed by atoms with Crippen LogP contribution in [0.4, 0.5) is 11.9 Å². The van der Waals surface area contributed by atoms with Crippen molar-refractivity contribution in [2.75, 3.05) is 11.9 Å². The van der Waals surface area contributed by atoms with Gasteiger partial charge in [-0.3, -0.25) is 5.32 Å². The van der Waals surface area contributed by atoms with E-state index in [1.54, 1.807) is 6.20 Å². The van der Waals surface area contributed by atoms with E-state index in [0.717, 1.165) is 45.0 Å². The Morgan fingerprint density at radius 2 is 1.76 bits per heavy atom. The lowest BCUT2D eigenvalue weighted by atomic mass is 10.2. The van der Waals surface area contributed by atoms with Crippen molar-refractivity contribution in [1.82, 2.24) is 29.7 Å². The van der Waals surface area contributed by atoms with Gasteiger partial charge in [0.2, 0.25) is 11.9 Å². The molecule has 0 aliphatic rings. The number of rotatable bonds is 6. The van der Waals surface area contributed by atoms with E-state index in [1.807, 2.05) is 80.2 Å². The lowest BCUT2D eigenvalue weighted by molar-refractivity contribution is 0.340. The molecule has 5 rings (SSSR count). The van der Waals surface area contributed by atoms with Gasteiger partial charge >= 0.3 is 0 Å². The Bertz CT molecular complexity index is 1480. The first-order valence-corrected chi connectivity index (χ1v) is 11.2. The lowest BCUT2D eigenvalue weighted by Gasteiger charge is -2.09. The first kappa shape index (κ1) is 21.8. The summed E-state index contributed by atoms with van der Waals surface area (Å²) in [6.45, 7) is 6.45. The minimum absolute atomic E-state index is 0.404. The summed E-state index contributed by atoms with van der Waals surface area (Å²) >= 11 is 6.01. The minimum Gasteiger partial charge on any atom is -0.494 e. The van der Waals surface area contributed by atoms with Gasteiger partial charge in [0.1, 0.15) is 5.75 Å². The summed E-state index contributed by atoms with van der Waals surface area (Å²) in [4.78, 5) is 18.2. The van der Waals surface area contributed by atoms with Crippen molar-refractivity contribution in [3.05, 3.63) is 77.3 Å². The molecule has 5 aromatic rings. The van der Waals surface area contributed by atoms with Crippen molar-refractivity contribution in [1.29, 1.82) is 0 Å². The number of anilines is 2. The molecule has 0 spiro atoms. The molecule has 0 atom stereocenters. The Hall–Kier alpha value is -4.04. The zero-order chi connectivity index (χ0) is 23.7. The largest absolute Gasteiger partial charge is 0.494 e. The van der Waals surface area contributed by atoms with E-state index < -0.39 is 0 Å². The van der Waals surface area contributed by atoms with Crippen LogP contribution in [0, 0.1) is 13.8 Å². The van der Waals surface area contributed by atoms with Crippen molar-refractivity contribution in [3.63, 3.8) is 0 Å². The van der Waals surface area contributed by atoms with Gasteiger partial charge in [-0.1, -0.05) is 11.6 Å². The Labute approximate surface area is 201 Å². The van der Waals surface area contributed by atoms with Gasteiger partial charge in [0, 0.05) is 28.4 Å². The molecule has 0 unspecified atom stereocenters. The summed E-state index contributed by atoms with van der Waals surface area (Å²) in [6, 6.07) is 15.1. The van der Waals surface area contributed by atoms with Crippen molar-refractivity contribution in [3.8, 4) is 22.7 Å². The zero-order valence-electron chi connectivity index (χ0n) is 19.0. The van der Waals surface area contributed by atoms with Gasteiger partial charge in [-0.15, -0.1) is 0 Å². The highest BCUT2D eigenvalue weighted by Crippen LogP contribution is 2.26. The fourth-order valence-corrected chi connectivity index (χ4v) is 3.81. The molecule has 0 saturated carbocycles. The third-order valence-corrected chi connectivity index (χ3v) is 5.57. The molecule has 0 aliphatic carbocycles. The summed E-state index contributed by atoms with van der Waals surface area (Å²) in [5.41, 5.74) is 5.06. The van der Waals surface area contributed by atoms with E-state index in [0.29, 0.717) is 23.5 Å². The van der Waals surface area contributed by atoms with E-state index in [4.69, 9.17) is 16.3 Å². The molecule has 1 N–H and O–H groups in total. The average molecular weight is 472 g/mol. The fourth-order valence-electron chi connectivity index (χ4n) is 3.68. The van der Waals surface area contributed by atoms with Crippen molar-refractivity contribution >= 4 is 34.4 Å². The highest BCUT2D eigenvalue weighted by atomic mass is 35.5. The van der Waals surface area contributed by atoms with Gasteiger partial charge in [-0.2, -0.15) is 5.10 Å². The van der Waals surface area contributed by atoms with E-state index in [2.05, 4.69) is 30.4 Å². The van der Waals surface area contributed by atoms with Crippen molar-refractivity contribution in [2.24, 2.45) is 0 Å². The predicted molar refractivity (Wildman–Crippen MR) is 133 cm³/mol. The molecular weight excluding hydrogens is 450 g/mol. The molecular formula is C25H22ClN7O. The molecule has 0 fully saturated rings. The van der Waals surface area contributed by atoms with E-state index in [9.17, 15) is 0 Å². The highest BCUT2D eigenvalue weighted by Gasteiger charge is 2.13. The fraction of sp³-hybridized carbons (Fsp3) is 0.160.